The molecule has 5 heteroatoms. The molecule has 0 heterocycles. The number of hydrogen-bond donors (Lipinski definition) is 0. The van der Waals surface area contributed by atoms with Crippen LogP contribution in [-0.2, 0) is 9.59 Å². The zero-order valence-electron chi connectivity index (χ0n) is 26.6. The molecule has 0 N–H and O–H groups in total. The van der Waals surface area contributed by atoms with Crippen molar-refractivity contribution in [2.45, 2.75) is 201 Å². The van der Waals surface area contributed by atoms with Gasteiger partial charge in [0.15, 0.2) is 0 Å². The topological polar surface area (TPSA) is 80.3 Å². The van der Waals surface area contributed by atoms with Gasteiger partial charge in [0.1, 0.15) is 0 Å². The van der Waals surface area contributed by atoms with Crippen LogP contribution in [0.1, 0.15) is 202 Å². The second kappa shape index (κ2) is 44.7. The third-order valence-corrected chi connectivity index (χ3v) is 6.82. The van der Waals surface area contributed by atoms with Crippen LogP contribution in [0.25, 0.3) is 0 Å². The smallest absolute Gasteiger partial charge is 0.550 e. The molecule has 4 nitrogen and oxygen atoms in total. The monoisotopic (exact) mass is 661 g/mol. The van der Waals surface area contributed by atoms with Gasteiger partial charge in [-0.05, 0) is 25.7 Å². The van der Waals surface area contributed by atoms with Crippen LogP contribution in [0.5, 0.6) is 0 Å². The van der Waals surface area contributed by atoms with E-state index < -0.39 is 11.9 Å². The molecule has 0 atom stereocenters. The van der Waals surface area contributed by atoms with Crippen LogP contribution in [-0.4, -0.2) is 35.8 Å². The van der Waals surface area contributed by atoms with Gasteiger partial charge in [0.2, 0.25) is 0 Å². The number of carbonyl (C=O) groups excluding carboxylic acids is 2. The van der Waals surface area contributed by atoms with Gasteiger partial charge in [-0.3, -0.25) is 0 Å². The Kier molecular flexibility index (Phi) is 52.5. The van der Waals surface area contributed by atoms with E-state index in [2.05, 4.69) is 27.7 Å². The predicted octanol–water partition coefficient (Wildman–Crippen LogP) is 9.14. The first kappa shape index (κ1) is 45.7. The molecular weight excluding hydrogens is 591 g/mol. The van der Waals surface area contributed by atoms with Gasteiger partial charge < -0.3 is 19.8 Å². The molecule has 233 valence electrons. The van der Waals surface area contributed by atoms with Crippen LogP contribution in [0.4, 0.5) is 0 Å². The van der Waals surface area contributed by atoms with Crippen molar-refractivity contribution in [3.63, 3.8) is 0 Å². The second-order valence-corrected chi connectivity index (χ2v) is 10.9. The van der Waals surface area contributed by atoms with Crippen LogP contribution < -0.4 is 10.2 Å². The number of aliphatic carboxylic acids is 2. The third-order valence-electron chi connectivity index (χ3n) is 6.82. The summed E-state index contributed by atoms with van der Waals surface area (Å²) >= 11 is 0. The van der Waals surface area contributed by atoms with E-state index in [0.29, 0.717) is 0 Å². The first-order valence-corrected chi connectivity index (χ1v) is 16.6. The largest absolute Gasteiger partial charge is 2.00 e. The summed E-state index contributed by atoms with van der Waals surface area (Å²) < 4.78 is 0. The average Bonchev–Trinajstić information content (AvgIpc) is 2.89. The summed E-state index contributed by atoms with van der Waals surface area (Å²) in [5.41, 5.74) is 0. The molecule has 0 saturated carbocycles. The molecule has 3 radical (unpaired) electrons. The van der Waals surface area contributed by atoms with Gasteiger partial charge in [0, 0.05) is 13.4 Å². The van der Waals surface area contributed by atoms with Crippen LogP contribution in [0, 0.1) is 6.92 Å². The Morgan fingerprint density at radius 1 is 0.436 bits per heavy atom. The summed E-state index contributed by atoms with van der Waals surface area (Å²) in [7, 11) is 0. The summed E-state index contributed by atoms with van der Waals surface area (Å²) in [6, 6.07) is 0. The summed E-state index contributed by atoms with van der Waals surface area (Å²) in [5.74, 6) is -1.82. The molecule has 0 aromatic carbocycles. The summed E-state index contributed by atoms with van der Waals surface area (Å²) in [4.78, 5) is 20.2. The number of unbranched alkanes of at least 4 members (excludes halogenated alkanes) is 23. The maximum atomic E-state index is 10.1. The molecule has 0 aliphatic rings. The van der Waals surface area contributed by atoms with Crippen molar-refractivity contribution in [1.29, 1.82) is 0 Å². The van der Waals surface area contributed by atoms with Gasteiger partial charge in [0.05, 0.1) is 0 Å². The van der Waals surface area contributed by atoms with Crippen molar-refractivity contribution in [2.24, 2.45) is 0 Å². The summed E-state index contributed by atoms with van der Waals surface area (Å²) in [6.45, 7) is 10.5. The van der Waals surface area contributed by atoms with Crippen LogP contribution in [0.15, 0.2) is 0 Å². The molecule has 0 aliphatic carbocycles. The molecule has 0 amide bonds. The van der Waals surface area contributed by atoms with Crippen molar-refractivity contribution in [3.8, 4) is 0 Å². The third kappa shape index (κ3) is 58.4. The SMILES string of the molecule is CCCCCCCCCCCCC(=O)[O-].CCCCCCCCCCCCC(=O)[O-].[CH2]CCCCCCC.[HH].[Sn+2]. The summed E-state index contributed by atoms with van der Waals surface area (Å²) in [5, 5.41) is 20.2. The van der Waals surface area contributed by atoms with Crippen molar-refractivity contribution >= 4 is 35.8 Å². The Balaban J connectivity index is -0.000000156. The fraction of sp³-hybridized carbons (Fsp3) is 0.912. The van der Waals surface area contributed by atoms with E-state index in [0.717, 1.165) is 32.1 Å². The fourth-order valence-electron chi connectivity index (χ4n) is 4.29. The van der Waals surface area contributed by atoms with Crippen molar-refractivity contribution < 1.29 is 21.2 Å². The zero-order valence-corrected chi connectivity index (χ0v) is 29.5. The maximum absolute atomic E-state index is 10.1. The van der Waals surface area contributed by atoms with E-state index in [1.165, 1.54) is 135 Å². The molecular formula is C34H69O4Sn. The number of carboxylic acid groups (broad SMARTS) is 2. The molecule has 0 aliphatic heterocycles. The minimum absolute atomic E-state index is 0. The molecule has 0 unspecified atom stereocenters. The van der Waals surface area contributed by atoms with Gasteiger partial charge in [0.25, 0.3) is 0 Å². The molecule has 39 heavy (non-hydrogen) atoms. The molecule has 0 aromatic rings. The van der Waals surface area contributed by atoms with Crippen molar-refractivity contribution in [2.75, 3.05) is 0 Å². The van der Waals surface area contributed by atoms with Gasteiger partial charge in [-0.25, -0.2) is 0 Å². The van der Waals surface area contributed by atoms with Crippen LogP contribution in [0.2, 0.25) is 0 Å². The van der Waals surface area contributed by atoms with Gasteiger partial charge in [-0.2, -0.15) is 0 Å². The Morgan fingerprint density at radius 2 is 0.641 bits per heavy atom. The second-order valence-electron chi connectivity index (χ2n) is 10.9. The number of carbonyl (C=O) groups is 2. The summed E-state index contributed by atoms with van der Waals surface area (Å²) in [6.07, 6.45) is 33.2. The fourth-order valence-corrected chi connectivity index (χ4v) is 4.29. The van der Waals surface area contributed by atoms with Crippen molar-refractivity contribution in [1.82, 2.24) is 0 Å². The van der Waals surface area contributed by atoms with Gasteiger partial charge >= 0.3 is 23.9 Å². The molecule has 0 saturated heterocycles. The quantitative estimate of drug-likeness (QED) is 0.0650. The Labute approximate surface area is 263 Å². The van der Waals surface area contributed by atoms with Crippen molar-refractivity contribution in [3.05, 3.63) is 6.92 Å². The van der Waals surface area contributed by atoms with E-state index in [-0.39, 0.29) is 38.2 Å². The number of carboxylic acids is 2. The number of rotatable bonds is 27. The molecule has 0 rings (SSSR count). The molecule has 0 fully saturated rings. The van der Waals surface area contributed by atoms with Gasteiger partial charge in [-0.1, -0.05) is 182 Å². The Morgan fingerprint density at radius 3 is 0.846 bits per heavy atom. The predicted molar refractivity (Wildman–Crippen MR) is 170 cm³/mol. The maximum Gasteiger partial charge on any atom is 2.00 e. The Bertz CT molecular complexity index is 410. The van der Waals surface area contributed by atoms with Crippen LogP contribution in [0.3, 0.4) is 0 Å². The van der Waals surface area contributed by atoms with E-state index in [1.54, 1.807) is 0 Å². The molecule has 0 bridgehead atoms. The minimum atomic E-state index is -0.908. The van der Waals surface area contributed by atoms with Gasteiger partial charge in [-0.15, -0.1) is 0 Å². The van der Waals surface area contributed by atoms with E-state index >= 15 is 0 Å². The normalized spacial score (nSPS) is 10.1. The first-order chi connectivity index (χ1) is 18.5. The zero-order chi connectivity index (χ0) is 29.0. The number of hydrogen-bond acceptors (Lipinski definition) is 4. The standard InChI is InChI=1S/2C13H26O2.C8H17.Sn.H2/c2*1-2-3-4-5-6-7-8-9-10-11-12-13(14)15;1-3-5-7-8-6-4-2;;/h2*2-12H2,1H3,(H,14,15);1,3-8H2,2H3;;1H/q;;;+2;/p-2. The molecule has 0 spiro atoms. The van der Waals surface area contributed by atoms with E-state index in [4.69, 9.17) is 0 Å². The van der Waals surface area contributed by atoms with Crippen LogP contribution >= 0.6 is 0 Å². The first-order valence-electron chi connectivity index (χ1n) is 16.6. The Hall–Kier alpha value is -0.261. The molecule has 0 aromatic heterocycles. The minimum Gasteiger partial charge on any atom is -0.550 e. The average molecular weight is 661 g/mol. The van der Waals surface area contributed by atoms with E-state index in [1.807, 2.05) is 0 Å². The van der Waals surface area contributed by atoms with E-state index in [9.17, 15) is 19.8 Å².